The normalized spacial score (nSPS) is 17.9. The van der Waals surface area contributed by atoms with Crippen LogP contribution in [-0.2, 0) is 4.79 Å². The molecule has 18 heavy (non-hydrogen) atoms. The molecule has 0 spiro atoms. The van der Waals surface area contributed by atoms with Crippen LogP contribution in [0.25, 0.3) is 0 Å². The number of rotatable bonds is 0. The summed E-state index contributed by atoms with van der Waals surface area (Å²) in [5.41, 5.74) is 6.50. The number of thiophene rings is 1. The van der Waals surface area contributed by atoms with Crippen molar-refractivity contribution in [2.24, 2.45) is 10.7 Å². The lowest BCUT2D eigenvalue weighted by Crippen LogP contribution is -2.47. The van der Waals surface area contributed by atoms with E-state index >= 15 is 0 Å². The van der Waals surface area contributed by atoms with Gasteiger partial charge in [-0.15, -0.1) is 0 Å². The zero-order chi connectivity index (χ0) is 13.9. The molecule has 2 rings (SSSR count). The van der Waals surface area contributed by atoms with E-state index in [1.807, 2.05) is 13.8 Å². The molecule has 0 saturated heterocycles. The van der Waals surface area contributed by atoms with E-state index in [1.54, 1.807) is 18.4 Å². The van der Waals surface area contributed by atoms with Crippen molar-refractivity contribution >= 4 is 39.1 Å². The summed E-state index contributed by atoms with van der Waals surface area (Å²) in [5, 5.41) is 4.19. The lowest BCUT2D eigenvalue weighted by Gasteiger charge is -2.29. The topological polar surface area (TPSA) is 58.7 Å². The third-order valence-electron chi connectivity index (χ3n) is 2.51. The van der Waals surface area contributed by atoms with Crippen molar-refractivity contribution in [2.45, 2.75) is 32.7 Å². The first kappa shape index (κ1) is 15.2. The van der Waals surface area contributed by atoms with Crippen LogP contribution < -0.4 is 5.73 Å². The van der Waals surface area contributed by atoms with Crippen molar-refractivity contribution in [2.75, 3.05) is 7.05 Å². The van der Waals surface area contributed by atoms with Gasteiger partial charge in [0.25, 0.3) is 0 Å². The fourth-order valence-corrected chi connectivity index (χ4v) is 2.68. The third kappa shape index (κ3) is 4.10. The molecule has 0 saturated carbocycles. The Bertz CT molecular complexity index is 451. The average Bonchev–Trinajstić information content (AvgIpc) is 2.60. The highest BCUT2D eigenvalue weighted by Crippen LogP contribution is 2.20. The zero-order valence-electron chi connectivity index (χ0n) is 11.0. The van der Waals surface area contributed by atoms with Gasteiger partial charge in [-0.1, -0.05) is 0 Å². The Labute approximate surface area is 120 Å². The number of hydrogen-bond donors (Lipinski definition) is 1. The molecule has 0 aliphatic carbocycles. The van der Waals surface area contributed by atoms with Crippen LogP contribution in [-0.4, -0.2) is 29.4 Å². The second-order valence-corrected chi connectivity index (χ2v) is 6.41. The second-order valence-electron chi connectivity index (χ2n) is 4.81. The molecule has 0 unspecified atom stereocenters. The summed E-state index contributed by atoms with van der Waals surface area (Å²) in [6.45, 7) is 5.87. The lowest BCUT2D eigenvalue weighted by molar-refractivity contribution is -0.128. The summed E-state index contributed by atoms with van der Waals surface area (Å²) in [5.74, 6) is 0.341. The number of carbonyl (C=O) groups excluding carboxylic acids is 1. The van der Waals surface area contributed by atoms with Crippen molar-refractivity contribution < 1.29 is 4.79 Å². The second kappa shape index (κ2) is 5.84. The largest absolute Gasteiger partial charge is 0.369 e. The molecule has 2 heterocycles. The van der Waals surface area contributed by atoms with Gasteiger partial charge in [0.15, 0.2) is 5.96 Å². The molecule has 4 nitrogen and oxygen atoms in total. The van der Waals surface area contributed by atoms with Crippen molar-refractivity contribution in [3.63, 3.8) is 0 Å². The monoisotopic (exact) mass is 331 g/mol. The summed E-state index contributed by atoms with van der Waals surface area (Å²) in [4.78, 5) is 16.7. The van der Waals surface area contributed by atoms with Gasteiger partial charge < -0.3 is 5.73 Å². The quantitative estimate of drug-likeness (QED) is 0.794. The maximum absolute atomic E-state index is 11.2. The highest BCUT2D eigenvalue weighted by atomic mass is 79.9. The van der Waals surface area contributed by atoms with Gasteiger partial charge in [-0.3, -0.25) is 9.69 Å². The van der Waals surface area contributed by atoms with Crippen LogP contribution in [0.1, 0.15) is 25.8 Å². The van der Waals surface area contributed by atoms with E-state index in [9.17, 15) is 4.79 Å². The molecule has 1 amide bonds. The van der Waals surface area contributed by atoms with Gasteiger partial charge in [0.2, 0.25) is 5.91 Å². The Morgan fingerprint density at radius 1 is 1.50 bits per heavy atom. The van der Waals surface area contributed by atoms with E-state index < -0.39 is 0 Å². The van der Waals surface area contributed by atoms with Gasteiger partial charge in [0, 0.05) is 16.9 Å². The Balaban J connectivity index is 0.000000199. The van der Waals surface area contributed by atoms with E-state index in [1.165, 1.54) is 14.9 Å². The Kier molecular flexibility index (Phi) is 4.92. The summed E-state index contributed by atoms with van der Waals surface area (Å²) >= 11 is 5.09. The Morgan fingerprint density at radius 2 is 2.11 bits per heavy atom. The molecule has 0 aromatic carbocycles. The number of aryl methyl sites for hydroxylation is 1. The van der Waals surface area contributed by atoms with E-state index in [-0.39, 0.29) is 11.4 Å². The predicted molar refractivity (Wildman–Crippen MR) is 79.8 cm³/mol. The van der Waals surface area contributed by atoms with Gasteiger partial charge in [-0.2, -0.15) is 11.3 Å². The van der Waals surface area contributed by atoms with Gasteiger partial charge >= 0.3 is 0 Å². The molecule has 0 fully saturated rings. The number of aliphatic imine (C=N–C) groups is 1. The van der Waals surface area contributed by atoms with Crippen LogP contribution in [0.15, 0.2) is 20.2 Å². The number of guanidine groups is 1. The first-order valence-electron chi connectivity index (χ1n) is 5.53. The first-order chi connectivity index (χ1) is 8.23. The van der Waals surface area contributed by atoms with E-state index in [4.69, 9.17) is 5.73 Å². The summed E-state index contributed by atoms with van der Waals surface area (Å²) in [6, 6.07) is 0. The van der Waals surface area contributed by atoms with Crippen LogP contribution in [0, 0.1) is 6.92 Å². The van der Waals surface area contributed by atoms with Gasteiger partial charge in [0.1, 0.15) is 0 Å². The van der Waals surface area contributed by atoms with Crippen LogP contribution in [0.2, 0.25) is 0 Å². The summed E-state index contributed by atoms with van der Waals surface area (Å²) in [6.07, 6.45) is 0.435. The summed E-state index contributed by atoms with van der Waals surface area (Å²) in [7, 11) is 1.64. The van der Waals surface area contributed by atoms with Gasteiger partial charge in [-0.05, 0) is 47.6 Å². The molecule has 1 aromatic heterocycles. The zero-order valence-corrected chi connectivity index (χ0v) is 13.4. The number of amides is 1. The maximum atomic E-state index is 11.2. The maximum Gasteiger partial charge on any atom is 0.231 e. The SMILES string of the molecule is CN1C(=O)CC(C)(C)N=C1N.Cc1cscc1Br. The highest BCUT2D eigenvalue weighted by molar-refractivity contribution is 9.10. The molecule has 100 valence electrons. The molecule has 0 bridgehead atoms. The standard InChI is InChI=1S/C7H13N3O.C5H5BrS/c1-7(2)4-5(11)10(3)6(8)9-7;1-4-2-7-3-5(4)6/h4H2,1-3H3,(H2,8,9);2-3H,1H3. The first-order valence-corrected chi connectivity index (χ1v) is 7.27. The average molecular weight is 332 g/mol. The van der Waals surface area contributed by atoms with Gasteiger partial charge in [-0.25, -0.2) is 4.99 Å². The van der Waals surface area contributed by atoms with Crippen molar-refractivity contribution in [1.29, 1.82) is 0 Å². The summed E-state index contributed by atoms with van der Waals surface area (Å²) < 4.78 is 1.22. The van der Waals surface area contributed by atoms with Crippen LogP contribution >= 0.6 is 27.3 Å². The van der Waals surface area contributed by atoms with E-state index in [0.29, 0.717) is 12.4 Å². The van der Waals surface area contributed by atoms with Crippen molar-refractivity contribution in [3.05, 3.63) is 20.8 Å². The Morgan fingerprint density at radius 3 is 2.44 bits per heavy atom. The number of halogens is 1. The number of nitrogens with zero attached hydrogens (tertiary/aromatic N) is 2. The highest BCUT2D eigenvalue weighted by Gasteiger charge is 2.29. The fraction of sp³-hybridized carbons (Fsp3) is 0.500. The molecular formula is C12H18BrN3OS. The Hall–Kier alpha value is -0.880. The smallest absolute Gasteiger partial charge is 0.231 e. The molecule has 2 N–H and O–H groups in total. The number of hydrogen-bond acceptors (Lipinski definition) is 4. The van der Waals surface area contributed by atoms with Crippen LogP contribution in [0.5, 0.6) is 0 Å². The van der Waals surface area contributed by atoms with Crippen molar-refractivity contribution in [3.8, 4) is 0 Å². The van der Waals surface area contributed by atoms with Crippen LogP contribution in [0.4, 0.5) is 0 Å². The van der Waals surface area contributed by atoms with E-state index in [2.05, 4.69) is 38.6 Å². The fourth-order valence-electron chi connectivity index (χ4n) is 1.39. The molecule has 1 aromatic rings. The van der Waals surface area contributed by atoms with Gasteiger partial charge in [0.05, 0.1) is 12.0 Å². The third-order valence-corrected chi connectivity index (χ3v) is 4.53. The molecular weight excluding hydrogens is 314 g/mol. The minimum atomic E-state index is -0.326. The molecule has 6 heteroatoms. The predicted octanol–water partition coefficient (Wildman–Crippen LogP) is 2.76. The molecule has 0 radical (unpaired) electrons. The number of nitrogens with two attached hydrogens (primary N) is 1. The molecule has 0 atom stereocenters. The van der Waals surface area contributed by atoms with Crippen LogP contribution in [0.3, 0.4) is 0 Å². The van der Waals surface area contributed by atoms with E-state index in [0.717, 1.165) is 0 Å². The molecule has 1 aliphatic rings. The minimum Gasteiger partial charge on any atom is -0.369 e. The van der Waals surface area contributed by atoms with Crippen molar-refractivity contribution in [1.82, 2.24) is 4.90 Å². The molecule has 1 aliphatic heterocycles. The minimum absolute atomic E-state index is 0.0301. The lowest BCUT2D eigenvalue weighted by atomic mass is 9.99. The number of carbonyl (C=O) groups is 1.